The second-order valence-electron chi connectivity index (χ2n) is 4.56. The molecule has 0 spiro atoms. The highest BCUT2D eigenvalue weighted by Gasteiger charge is 2.28. The third kappa shape index (κ3) is 3.69. The first-order valence-corrected chi connectivity index (χ1v) is 6.93. The molecule has 1 aliphatic rings. The molecule has 112 valence electrons. The summed E-state index contributed by atoms with van der Waals surface area (Å²) in [5.74, 6) is -0.785. The van der Waals surface area contributed by atoms with Crippen LogP contribution in [0.3, 0.4) is 0 Å². The molecule has 3 amide bonds. The molecule has 1 fully saturated rings. The molecule has 1 saturated heterocycles. The third-order valence-electron chi connectivity index (χ3n) is 2.99. The zero-order chi connectivity index (χ0) is 15.4. The standard InChI is InChI=1S/C13H15ClN4O3/c1-2-15-11-8(14)5-7(6-16-11)12(20)17-9-3-4-10(19)18-13(9)21/h5-6,9H,2-4H2,1H3,(H,15,16)(H,17,20)(H,18,19,21). The number of nitrogens with one attached hydrogen (secondary N) is 3. The molecule has 1 unspecified atom stereocenters. The lowest BCUT2D eigenvalue weighted by atomic mass is 10.1. The van der Waals surface area contributed by atoms with Crippen LogP contribution in [0.25, 0.3) is 0 Å². The van der Waals surface area contributed by atoms with Crippen molar-refractivity contribution in [1.82, 2.24) is 15.6 Å². The number of anilines is 1. The Labute approximate surface area is 126 Å². The summed E-state index contributed by atoms with van der Waals surface area (Å²) in [7, 11) is 0. The normalized spacial score (nSPS) is 18.1. The smallest absolute Gasteiger partial charge is 0.253 e. The summed E-state index contributed by atoms with van der Waals surface area (Å²) in [5.41, 5.74) is 0.256. The van der Waals surface area contributed by atoms with Crippen LogP contribution in [0.15, 0.2) is 12.3 Å². The second kappa shape index (κ2) is 6.53. The van der Waals surface area contributed by atoms with Crippen molar-refractivity contribution < 1.29 is 14.4 Å². The predicted octanol–water partition coefficient (Wildman–Crippen LogP) is 0.702. The van der Waals surface area contributed by atoms with E-state index in [1.807, 2.05) is 6.92 Å². The summed E-state index contributed by atoms with van der Waals surface area (Å²) in [5, 5.41) is 8.03. The van der Waals surface area contributed by atoms with Crippen molar-refractivity contribution in [2.45, 2.75) is 25.8 Å². The topological polar surface area (TPSA) is 100 Å². The molecule has 1 aromatic heterocycles. The van der Waals surface area contributed by atoms with E-state index >= 15 is 0 Å². The maximum atomic E-state index is 12.1. The molecule has 1 atom stereocenters. The molecule has 0 saturated carbocycles. The SMILES string of the molecule is CCNc1ncc(C(=O)NC2CCC(=O)NC2=O)cc1Cl. The van der Waals surface area contributed by atoms with Gasteiger partial charge in [-0.25, -0.2) is 4.98 Å². The number of amides is 3. The number of nitrogens with zero attached hydrogens (tertiary/aromatic N) is 1. The van der Waals surface area contributed by atoms with E-state index in [1.165, 1.54) is 12.3 Å². The van der Waals surface area contributed by atoms with Gasteiger partial charge in [0.15, 0.2) is 0 Å². The van der Waals surface area contributed by atoms with Crippen molar-refractivity contribution in [3.8, 4) is 0 Å². The van der Waals surface area contributed by atoms with Gasteiger partial charge in [-0.1, -0.05) is 11.6 Å². The monoisotopic (exact) mass is 310 g/mol. The zero-order valence-electron chi connectivity index (χ0n) is 11.4. The molecule has 21 heavy (non-hydrogen) atoms. The maximum absolute atomic E-state index is 12.1. The lowest BCUT2D eigenvalue weighted by molar-refractivity contribution is -0.134. The summed E-state index contributed by atoms with van der Waals surface area (Å²) in [6, 6.07) is 0.760. The molecule has 7 nitrogen and oxygen atoms in total. The predicted molar refractivity (Wildman–Crippen MR) is 77.0 cm³/mol. The van der Waals surface area contributed by atoms with Gasteiger partial charge < -0.3 is 10.6 Å². The number of halogens is 1. The van der Waals surface area contributed by atoms with Crippen LogP contribution in [0.1, 0.15) is 30.1 Å². The quantitative estimate of drug-likeness (QED) is 0.711. The summed E-state index contributed by atoms with van der Waals surface area (Å²) in [6.07, 6.45) is 1.87. The average Bonchev–Trinajstić information content (AvgIpc) is 2.44. The molecule has 3 N–H and O–H groups in total. The highest BCUT2D eigenvalue weighted by Crippen LogP contribution is 2.20. The number of pyridine rings is 1. The van der Waals surface area contributed by atoms with E-state index in [-0.39, 0.29) is 24.3 Å². The highest BCUT2D eigenvalue weighted by atomic mass is 35.5. The number of imide groups is 1. The van der Waals surface area contributed by atoms with Crippen molar-refractivity contribution in [2.75, 3.05) is 11.9 Å². The fourth-order valence-corrected chi connectivity index (χ4v) is 2.17. The van der Waals surface area contributed by atoms with Crippen LogP contribution in [0.4, 0.5) is 5.82 Å². The Morgan fingerprint density at radius 2 is 2.29 bits per heavy atom. The number of carbonyl (C=O) groups excluding carboxylic acids is 3. The van der Waals surface area contributed by atoms with Crippen LogP contribution in [-0.2, 0) is 9.59 Å². The summed E-state index contributed by atoms with van der Waals surface area (Å²) in [4.78, 5) is 38.7. The maximum Gasteiger partial charge on any atom is 0.253 e. The van der Waals surface area contributed by atoms with Crippen molar-refractivity contribution in [2.24, 2.45) is 0 Å². The van der Waals surface area contributed by atoms with E-state index in [2.05, 4.69) is 20.9 Å². The Balaban J connectivity index is 2.05. The molecule has 2 heterocycles. The van der Waals surface area contributed by atoms with Crippen LogP contribution < -0.4 is 16.0 Å². The molecule has 8 heteroatoms. The highest BCUT2D eigenvalue weighted by molar-refractivity contribution is 6.33. The van der Waals surface area contributed by atoms with Gasteiger partial charge in [0, 0.05) is 19.2 Å². The fourth-order valence-electron chi connectivity index (χ4n) is 1.93. The first-order valence-electron chi connectivity index (χ1n) is 6.55. The summed E-state index contributed by atoms with van der Waals surface area (Å²) < 4.78 is 0. The molecule has 0 radical (unpaired) electrons. The second-order valence-corrected chi connectivity index (χ2v) is 4.97. The first-order chi connectivity index (χ1) is 10.0. The minimum absolute atomic E-state index is 0.203. The Kier molecular flexibility index (Phi) is 4.74. The van der Waals surface area contributed by atoms with E-state index < -0.39 is 17.9 Å². The first kappa shape index (κ1) is 15.2. The molecule has 0 aliphatic carbocycles. The van der Waals surface area contributed by atoms with Crippen molar-refractivity contribution in [3.05, 3.63) is 22.8 Å². The minimum Gasteiger partial charge on any atom is -0.369 e. The van der Waals surface area contributed by atoms with E-state index in [0.717, 1.165) is 0 Å². The molecule has 0 bridgehead atoms. The summed E-state index contributed by atoms with van der Waals surface area (Å²) in [6.45, 7) is 2.57. The van der Waals surface area contributed by atoms with Crippen LogP contribution >= 0.6 is 11.6 Å². The zero-order valence-corrected chi connectivity index (χ0v) is 12.2. The van der Waals surface area contributed by atoms with Gasteiger partial charge in [-0.15, -0.1) is 0 Å². The summed E-state index contributed by atoms with van der Waals surface area (Å²) >= 11 is 6.01. The van der Waals surface area contributed by atoms with Gasteiger partial charge in [-0.3, -0.25) is 19.7 Å². The van der Waals surface area contributed by atoms with Crippen molar-refractivity contribution in [3.63, 3.8) is 0 Å². The molecular weight excluding hydrogens is 296 g/mol. The molecule has 0 aromatic carbocycles. The van der Waals surface area contributed by atoms with Crippen LogP contribution in [0.5, 0.6) is 0 Å². The molecule has 1 aliphatic heterocycles. The van der Waals surface area contributed by atoms with Gasteiger partial charge >= 0.3 is 0 Å². The largest absolute Gasteiger partial charge is 0.369 e. The van der Waals surface area contributed by atoms with Gasteiger partial charge in [0.1, 0.15) is 11.9 Å². The fraction of sp³-hybridized carbons (Fsp3) is 0.385. The van der Waals surface area contributed by atoms with Gasteiger partial charge in [0.2, 0.25) is 11.8 Å². The number of hydrogen-bond donors (Lipinski definition) is 3. The Morgan fingerprint density at radius 1 is 1.52 bits per heavy atom. The number of rotatable bonds is 4. The lowest BCUT2D eigenvalue weighted by Crippen LogP contribution is -2.52. The van der Waals surface area contributed by atoms with Crippen LogP contribution in [0, 0.1) is 0 Å². The Morgan fingerprint density at radius 3 is 2.90 bits per heavy atom. The molecule has 1 aromatic rings. The van der Waals surface area contributed by atoms with Crippen LogP contribution in [0.2, 0.25) is 5.02 Å². The van der Waals surface area contributed by atoms with Crippen LogP contribution in [-0.4, -0.2) is 35.3 Å². The van der Waals surface area contributed by atoms with Crippen molar-refractivity contribution in [1.29, 1.82) is 0 Å². The lowest BCUT2D eigenvalue weighted by Gasteiger charge is -2.21. The molecular formula is C13H15ClN4O3. The Bertz CT molecular complexity index is 591. The Hall–Kier alpha value is -2.15. The minimum atomic E-state index is -0.720. The van der Waals surface area contributed by atoms with E-state index in [1.54, 1.807) is 0 Å². The number of hydrogen-bond acceptors (Lipinski definition) is 5. The average molecular weight is 311 g/mol. The third-order valence-corrected chi connectivity index (χ3v) is 3.28. The van der Waals surface area contributed by atoms with E-state index in [4.69, 9.17) is 11.6 Å². The van der Waals surface area contributed by atoms with Gasteiger partial charge in [-0.2, -0.15) is 0 Å². The number of piperidine rings is 1. The van der Waals surface area contributed by atoms with Gasteiger partial charge in [-0.05, 0) is 19.4 Å². The van der Waals surface area contributed by atoms with Gasteiger partial charge in [0.05, 0.1) is 10.6 Å². The van der Waals surface area contributed by atoms with E-state index in [9.17, 15) is 14.4 Å². The number of carbonyl (C=O) groups is 3. The number of aromatic nitrogens is 1. The van der Waals surface area contributed by atoms with E-state index in [0.29, 0.717) is 17.4 Å². The van der Waals surface area contributed by atoms with Crippen molar-refractivity contribution >= 4 is 35.1 Å². The van der Waals surface area contributed by atoms with Gasteiger partial charge in [0.25, 0.3) is 5.91 Å². The molecule has 2 rings (SSSR count).